The molecule has 1 spiro atoms. The molecule has 0 radical (unpaired) electrons. The van der Waals surface area contributed by atoms with Crippen LogP contribution < -0.4 is 5.32 Å². The second kappa shape index (κ2) is 3.82. The summed E-state index contributed by atoms with van der Waals surface area (Å²) in [7, 11) is 0. The summed E-state index contributed by atoms with van der Waals surface area (Å²) in [6, 6.07) is 9.06. The number of hydrogen-bond acceptors (Lipinski definition) is 3. The van der Waals surface area contributed by atoms with Crippen LogP contribution in [0.25, 0.3) is 0 Å². The molecule has 19 heavy (non-hydrogen) atoms. The number of fused-ring (bicyclic) bond motifs is 2. The van der Waals surface area contributed by atoms with Gasteiger partial charge >= 0.3 is 0 Å². The van der Waals surface area contributed by atoms with Crippen LogP contribution in [0.15, 0.2) is 24.3 Å². The fraction of sp³-hybridized carbons (Fsp3) is 0.357. The van der Waals surface area contributed by atoms with E-state index >= 15 is 0 Å². The lowest BCUT2D eigenvalue weighted by molar-refractivity contribution is -0.129. The molecule has 1 N–H and O–H groups in total. The minimum Gasteiger partial charge on any atom is -0.325 e. The van der Waals surface area contributed by atoms with Gasteiger partial charge in [0.2, 0.25) is 11.8 Å². The van der Waals surface area contributed by atoms with Gasteiger partial charge in [0.25, 0.3) is 0 Å². The fourth-order valence-electron chi connectivity index (χ4n) is 3.09. The molecule has 2 atom stereocenters. The van der Waals surface area contributed by atoms with Gasteiger partial charge < -0.3 is 10.2 Å². The number of nitriles is 1. The van der Waals surface area contributed by atoms with E-state index in [1.54, 1.807) is 0 Å². The maximum atomic E-state index is 12.3. The number of carbonyl (C=O) groups excluding carboxylic acids is 2. The van der Waals surface area contributed by atoms with E-state index in [1.807, 2.05) is 24.3 Å². The van der Waals surface area contributed by atoms with Crippen molar-refractivity contribution >= 4 is 17.5 Å². The molecule has 0 bridgehead atoms. The highest BCUT2D eigenvalue weighted by atomic mass is 16.2. The third kappa shape index (κ3) is 1.46. The Morgan fingerprint density at radius 3 is 2.89 bits per heavy atom. The van der Waals surface area contributed by atoms with Crippen LogP contribution in [0.4, 0.5) is 5.69 Å². The Bertz CT molecular complexity index is 619. The Morgan fingerprint density at radius 1 is 1.53 bits per heavy atom. The number of para-hydroxylation sites is 1. The third-order valence-electron chi connectivity index (χ3n) is 4.04. The highest BCUT2D eigenvalue weighted by Crippen LogP contribution is 2.46. The van der Waals surface area contributed by atoms with Crippen molar-refractivity contribution in [3.63, 3.8) is 0 Å². The highest BCUT2D eigenvalue weighted by Gasteiger charge is 2.55. The largest absolute Gasteiger partial charge is 0.325 e. The van der Waals surface area contributed by atoms with Crippen LogP contribution in [0.1, 0.15) is 18.9 Å². The van der Waals surface area contributed by atoms with Gasteiger partial charge in [-0.2, -0.15) is 5.26 Å². The summed E-state index contributed by atoms with van der Waals surface area (Å²) < 4.78 is 0. The molecular weight excluding hydrogens is 242 g/mol. The molecule has 2 aliphatic heterocycles. The van der Waals surface area contributed by atoms with Crippen LogP contribution in [0, 0.1) is 11.3 Å². The standard InChI is InChI=1S/C14H13N3O2/c1-9(18)17-8-14(6-10(17)7-15)11-4-2-3-5-12(11)16-13(14)19/h2-5,10H,6,8H2,1H3,(H,16,19)/t10-,14-/m0/s1. The van der Waals surface area contributed by atoms with E-state index < -0.39 is 11.5 Å². The van der Waals surface area contributed by atoms with Crippen LogP contribution >= 0.6 is 0 Å². The average molecular weight is 255 g/mol. The Hall–Kier alpha value is -2.35. The topological polar surface area (TPSA) is 73.2 Å². The summed E-state index contributed by atoms with van der Waals surface area (Å²) in [5.41, 5.74) is 0.918. The number of hydrogen-bond donors (Lipinski definition) is 1. The molecule has 0 aliphatic carbocycles. The molecule has 1 aromatic rings. The second-order valence-electron chi connectivity index (χ2n) is 5.08. The van der Waals surface area contributed by atoms with Crippen molar-refractivity contribution in [3.05, 3.63) is 29.8 Å². The number of nitrogens with zero attached hydrogens (tertiary/aromatic N) is 2. The van der Waals surface area contributed by atoms with Crippen molar-refractivity contribution in [2.75, 3.05) is 11.9 Å². The zero-order valence-electron chi connectivity index (χ0n) is 10.5. The molecule has 5 nitrogen and oxygen atoms in total. The first kappa shape index (κ1) is 11.7. The lowest BCUT2D eigenvalue weighted by Crippen LogP contribution is -2.39. The van der Waals surface area contributed by atoms with Crippen molar-refractivity contribution in [2.45, 2.75) is 24.8 Å². The number of carbonyl (C=O) groups is 2. The molecule has 0 saturated carbocycles. The molecule has 5 heteroatoms. The molecule has 0 aromatic heterocycles. The van der Waals surface area contributed by atoms with Crippen molar-refractivity contribution < 1.29 is 9.59 Å². The van der Waals surface area contributed by atoms with Crippen LogP contribution in [-0.4, -0.2) is 29.3 Å². The van der Waals surface area contributed by atoms with Gasteiger partial charge in [-0.25, -0.2) is 0 Å². The van der Waals surface area contributed by atoms with Gasteiger partial charge in [0.15, 0.2) is 0 Å². The molecule has 2 aliphatic rings. The van der Waals surface area contributed by atoms with Gasteiger partial charge in [-0.05, 0) is 11.6 Å². The van der Waals surface area contributed by atoms with Gasteiger partial charge in [0.1, 0.15) is 6.04 Å². The number of benzene rings is 1. The Kier molecular flexibility index (Phi) is 2.36. The molecule has 1 fully saturated rings. The van der Waals surface area contributed by atoms with Crippen LogP contribution in [0.5, 0.6) is 0 Å². The zero-order chi connectivity index (χ0) is 13.6. The number of nitrogens with one attached hydrogen (secondary N) is 1. The molecule has 2 heterocycles. The van der Waals surface area contributed by atoms with Gasteiger partial charge in [-0.15, -0.1) is 0 Å². The zero-order valence-corrected chi connectivity index (χ0v) is 10.5. The quantitative estimate of drug-likeness (QED) is 0.752. The molecule has 96 valence electrons. The van der Waals surface area contributed by atoms with E-state index in [0.29, 0.717) is 6.42 Å². The normalized spacial score (nSPS) is 28.1. The monoisotopic (exact) mass is 255 g/mol. The van der Waals surface area contributed by atoms with Crippen molar-refractivity contribution in [2.24, 2.45) is 0 Å². The van der Waals surface area contributed by atoms with Crippen LogP contribution in [0.2, 0.25) is 0 Å². The first-order valence-electron chi connectivity index (χ1n) is 6.16. The summed E-state index contributed by atoms with van der Waals surface area (Å²) in [5, 5.41) is 12.0. The van der Waals surface area contributed by atoms with Gasteiger partial charge in [0, 0.05) is 25.6 Å². The summed E-state index contributed by atoms with van der Waals surface area (Å²) >= 11 is 0. The number of likely N-dealkylation sites (tertiary alicyclic amines) is 1. The van der Waals surface area contributed by atoms with E-state index in [9.17, 15) is 14.9 Å². The first-order valence-corrected chi connectivity index (χ1v) is 6.16. The predicted octanol–water partition coefficient (Wildman–Crippen LogP) is 1.02. The number of amides is 2. The van der Waals surface area contributed by atoms with Crippen molar-refractivity contribution in [1.29, 1.82) is 5.26 Å². The summed E-state index contributed by atoms with van der Waals surface area (Å²) in [5.74, 6) is -0.279. The van der Waals surface area contributed by atoms with Gasteiger partial charge in [0.05, 0.1) is 11.5 Å². The highest BCUT2D eigenvalue weighted by molar-refractivity contribution is 6.07. The van der Waals surface area contributed by atoms with Gasteiger partial charge in [-0.3, -0.25) is 9.59 Å². The lowest BCUT2D eigenvalue weighted by Gasteiger charge is -2.21. The molecule has 1 aromatic carbocycles. The molecule has 1 saturated heterocycles. The first-order chi connectivity index (χ1) is 9.08. The second-order valence-corrected chi connectivity index (χ2v) is 5.08. The molecular formula is C14H13N3O2. The van der Waals surface area contributed by atoms with Crippen molar-refractivity contribution in [3.8, 4) is 6.07 Å². The van der Waals surface area contributed by atoms with E-state index in [-0.39, 0.29) is 18.4 Å². The summed E-state index contributed by atoms with van der Waals surface area (Å²) in [6.45, 7) is 1.71. The van der Waals surface area contributed by atoms with Crippen molar-refractivity contribution in [1.82, 2.24) is 4.90 Å². The van der Waals surface area contributed by atoms with E-state index in [2.05, 4.69) is 11.4 Å². The minimum atomic E-state index is -0.761. The molecule has 0 unspecified atom stereocenters. The SMILES string of the molecule is CC(=O)N1C[C@]2(C[C@H]1C#N)C(=O)Nc1ccccc12. The van der Waals surface area contributed by atoms with E-state index in [1.165, 1.54) is 11.8 Å². The van der Waals surface area contributed by atoms with Crippen LogP contribution in [0.3, 0.4) is 0 Å². The Balaban J connectivity index is 2.09. The minimum absolute atomic E-state index is 0.113. The smallest absolute Gasteiger partial charge is 0.237 e. The number of anilines is 1. The van der Waals surface area contributed by atoms with Crippen LogP contribution in [-0.2, 0) is 15.0 Å². The lowest BCUT2D eigenvalue weighted by atomic mass is 9.80. The summed E-state index contributed by atoms with van der Waals surface area (Å²) in [4.78, 5) is 25.4. The van der Waals surface area contributed by atoms with E-state index in [4.69, 9.17) is 0 Å². The molecule has 3 rings (SSSR count). The Labute approximate surface area is 110 Å². The number of rotatable bonds is 0. The van der Waals surface area contributed by atoms with Gasteiger partial charge in [-0.1, -0.05) is 18.2 Å². The third-order valence-corrected chi connectivity index (χ3v) is 4.04. The maximum Gasteiger partial charge on any atom is 0.237 e. The maximum absolute atomic E-state index is 12.3. The predicted molar refractivity (Wildman–Crippen MR) is 68.2 cm³/mol. The molecule has 2 amide bonds. The Morgan fingerprint density at radius 2 is 2.26 bits per heavy atom. The fourth-order valence-corrected chi connectivity index (χ4v) is 3.09. The summed E-state index contributed by atoms with van der Waals surface area (Å²) in [6.07, 6.45) is 0.367. The van der Waals surface area contributed by atoms with E-state index in [0.717, 1.165) is 11.3 Å². The average Bonchev–Trinajstić information content (AvgIpc) is 2.91.